The molecular weight excluding hydrogens is 409 g/mol. The van der Waals surface area contributed by atoms with Crippen molar-refractivity contribution in [3.8, 4) is 0 Å². The Labute approximate surface area is 174 Å². The van der Waals surface area contributed by atoms with E-state index in [0.29, 0.717) is 29.8 Å². The molecule has 0 unspecified atom stereocenters. The SMILES string of the molecule is CCn1cnnc1CCNC(=O)c1ccc(NS(=O)(=O)c2ccc(F)cc2C)cc1. The summed E-state index contributed by atoms with van der Waals surface area (Å²) in [5.41, 5.74) is 0.997. The molecule has 0 aliphatic carbocycles. The third-order valence-electron chi connectivity index (χ3n) is 4.50. The highest BCUT2D eigenvalue weighted by Crippen LogP contribution is 2.20. The first-order chi connectivity index (χ1) is 14.3. The number of nitrogens with one attached hydrogen (secondary N) is 2. The average Bonchev–Trinajstić information content (AvgIpc) is 3.15. The van der Waals surface area contributed by atoms with E-state index in [-0.39, 0.29) is 10.8 Å². The molecule has 0 aliphatic heterocycles. The summed E-state index contributed by atoms with van der Waals surface area (Å²) in [4.78, 5) is 12.3. The standard InChI is InChI=1S/C20H22FN5O3S/c1-3-26-13-23-24-19(26)10-11-22-20(27)15-4-7-17(8-5-15)25-30(28,29)18-9-6-16(21)12-14(18)2/h4-9,12-13,25H,3,10-11H2,1-2H3,(H,22,27). The summed E-state index contributed by atoms with van der Waals surface area (Å²) in [6.07, 6.45) is 2.19. The number of nitrogens with zero attached hydrogens (tertiary/aromatic N) is 3. The number of carbonyl (C=O) groups excluding carboxylic acids is 1. The second kappa shape index (κ2) is 9.04. The van der Waals surface area contributed by atoms with E-state index in [1.807, 2.05) is 11.5 Å². The maximum Gasteiger partial charge on any atom is 0.262 e. The largest absolute Gasteiger partial charge is 0.352 e. The van der Waals surface area contributed by atoms with Gasteiger partial charge in [0, 0.05) is 30.8 Å². The van der Waals surface area contributed by atoms with Crippen LogP contribution in [0.2, 0.25) is 0 Å². The van der Waals surface area contributed by atoms with Gasteiger partial charge in [-0.05, 0) is 61.9 Å². The van der Waals surface area contributed by atoms with Gasteiger partial charge in [-0.2, -0.15) is 0 Å². The van der Waals surface area contributed by atoms with Crippen LogP contribution >= 0.6 is 0 Å². The Bertz CT molecular complexity index is 1140. The van der Waals surface area contributed by atoms with Crippen molar-refractivity contribution in [2.45, 2.75) is 31.7 Å². The molecule has 3 aromatic rings. The quantitative estimate of drug-likeness (QED) is 0.570. The summed E-state index contributed by atoms with van der Waals surface area (Å²) in [5, 5.41) is 10.7. The van der Waals surface area contributed by atoms with E-state index in [2.05, 4.69) is 20.2 Å². The Morgan fingerprint density at radius 3 is 2.57 bits per heavy atom. The van der Waals surface area contributed by atoms with Gasteiger partial charge in [-0.3, -0.25) is 9.52 Å². The van der Waals surface area contributed by atoms with Crippen molar-refractivity contribution < 1.29 is 17.6 Å². The van der Waals surface area contributed by atoms with E-state index in [9.17, 15) is 17.6 Å². The van der Waals surface area contributed by atoms with Crippen LogP contribution in [-0.2, 0) is 23.0 Å². The first kappa shape index (κ1) is 21.4. The number of aromatic nitrogens is 3. The minimum absolute atomic E-state index is 0.00866. The third-order valence-corrected chi connectivity index (χ3v) is 6.04. The highest BCUT2D eigenvalue weighted by atomic mass is 32.2. The molecule has 0 spiro atoms. The molecule has 158 valence electrons. The van der Waals surface area contributed by atoms with Gasteiger partial charge in [0.25, 0.3) is 15.9 Å². The number of halogens is 1. The molecule has 2 aromatic carbocycles. The molecule has 30 heavy (non-hydrogen) atoms. The van der Waals surface area contributed by atoms with Gasteiger partial charge < -0.3 is 9.88 Å². The van der Waals surface area contributed by atoms with E-state index in [0.717, 1.165) is 24.5 Å². The van der Waals surface area contributed by atoms with E-state index < -0.39 is 15.8 Å². The van der Waals surface area contributed by atoms with Crippen molar-refractivity contribution in [3.63, 3.8) is 0 Å². The van der Waals surface area contributed by atoms with Gasteiger partial charge in [0.2, 0.25) is 0 Å². The molecule has 8 nitrogen and oxygen atoms in total. The molecule has 3 rings (SSSR count). The van der Waals surface area contributed by atoms with Gasteiger partial charge in [-0.1, -0.05) is 0 Å². The Morgan fingerprint density at radius 2 is 1.90 bits per heavy atom. The predicted molar refractivity (Wildman–Crippen MR) is 110 cm³/mol. The first-order valence-electron chi connectivity index (χ1n) is 9.34. The summed E-state index contributed by atoms with van der Waals surface area (Å²) in [7, 11) is -3.87. The average molecular weight is 431 g/mol. The molecule has 2 N–H and O–H groups in total. The summed E-state index contributed by atoms with van der Waals surface area (Å²) in [6.45, 7) is 4.66. The maximum atomic E-state index is 13.2. The molecule has 0 saturated heterocycles. The zero-order valence-electron chi connectivity index (χ0n) is 16.6. The fourth-order valence-electron chi connectivity index (χ4n) is 2.94. The third kappa shape index (κ3) is 5.01. The lowest BCUT2D eigenvalue weighted by molar-refractivity contribution is 0.0954. The molecule has 1 heterocycles. The predicted octanol–water partition coefficient (Wildman–Crippen LogP) is 2.52. The molecular formula is C20H22FN5O3S. The van der Waals surface area contributed by atoms with Crippen molar-refractivity contribution in [2.75, 3.05) is 11.3 Å². The number of sulfonamides is 1. The number of rotatable bonds is 8. The van der Waals surface area contributed by atoms with E-state index in [4.69, 9.17) is 0 Å². The Morgan fingerprint density at radius 1 is 1.17 bits per heavy atom. The van der Waals surface area contributed by atoms with Crippen molar-refractivity contribution in [1.82, 2.24) is 20.1 Å². The second-order valence-corrected chi connectivity index (χ2v) is 8.28. The molecule has 0 atom stereocenters. The van der Waals surface area contributed by atoms with Crippen LogP contribution in [0.4, 0.5) is 10.1 Å². The number of carbonyl (C=O) groups is 1. The van der Waals surface area contributed by atoms with E-state index >= 15 is 0 Å². The maximum absolute atomic E-state index is 13.2. The van der Waals surface area contributed by atoms with Crippen LogP contribution in [0.15, 0.2) is 53.7 Å². The number of hydrogen-bond acceptors (Lipinski definition) is 5. The second-order valence-electron chi connectivity index (χ2n) is 6.63. The topological polar surface area (TPSA) is 106 Å². The monoisotopic (exact) mass is 431 g/mol. The lowest BCUT2D eigenvalue weighted by Gasteiger charge is -2.11. The molecule has 10 heteroatoms. The molecule has 0 radical (unpaired) electrons. The van der Waals surface area contributed by atoms with Gasteiger partial charge >= 0.3 is 0 Å². The highest BCUT2D eigenvalue weighted by Gasteiger charge is 2.17. The van der Waals surface area contributed by atoms with Gasteiger partial charge in [-0.25, -0.2) is 12.8 Å². The number of anilines is 1. The zero-order valence-corrected chi connectivity index (χ0v) is 17.4. The number of hydrogen-bond donors (Lipinski definition) is 2. The molecule has 1 amide bonds. The molecule has 0 saturated carbocycles. The number of aryl methyl sites for hydroxylation is 2. The molecule has 1 aromatic heterocycles. The fraction of sp³-hybridized carbons (Fsp3) is 0.250. The molecule has 0 fully saturated rings. The fourth-order valence-corrected chi connectivity index (χ4v) is 4.23. The zero-order chi connectivity index (χ0) is 21.7. The Balaban J connectivity index is 1.60. The van der Waals surface area contributed by atoms with Gasteiger partial charge in [0.15, 0.2) is 0 Å². The van der Waals surface area contributed by atoms with Crippen LogP contribution in [0.5, 0.6) is 0 Å². The van der Waals surface area contributed by atoms with Crippen molar-refractivity contribution in [1.29, 1.82) is 0 Å². The van der Waals surface area contributed by atoms with Crippen LogP contribution in [0.3, 0.4) is 0 Å². The lowest BCUT2D eigenvalue weighted by atomic mass is 10.2. The summed E-state index contributed by atoms with van der Waals surface area (Å²) < 4.78 is 42.6. The van der Waals surface area contributed by atoms with Crippen molar-refractivity contribution in [3.05, 3.63) is 71.6 Å². The smallest absolute Gasteiger partial charge is 0.262 e. The summed E-state index contributed by atoms with van der Waals surface area (Å²) in [5.74, 6) is 0.0109. The van der Waals surface area contributed by atoms with Gasteiger partial charge in [-0.15, -0.1) is 10.2 Å². The first-order valence-corrected chi connectivity index (χ1v) is 10.8. The minimum Gasteiger partial charge on any atom is -0.352 e. The van der Waals surface area contributed by atoms with Crippen molar-refractivity contribution in [2.24, 2.45) is 0 Å². The Hall–Kier alpha value is -3.27. The molecule has 0 bridgehead atoms. The van der Waals surface area contributed by atoms with E-state index in [1.165, 1.54) is 37.3 Å². The normalized spacial score (nSPS) is 11.3. The van der Waals surface area contributed by atoms with Crippen LogP contribution in [0.25, 0.3) is 0 Å². The summed E-state index contributed by atoms with van der Waals surface area (Å²) >= 11 is 0. The highest BCUT2D eigenvalue weighted by molar-refractivity contribution is 7.92. The van der Waals surface area contributed by atoms with E-state index in [1.54, 1.807) is 6.33 Å². The van der Waals surface area contributed by atoms with Crippen molar-refractivity contribution >= 4 is 21.6 Å². The Kier molecular flexibility index (Phi) is 6.46. The summed E-state index contributed by atoms with van der Waals surface area (Å²) in [6, 6.07) is 9.52. The lowest BCUT2D eigenvalue weighted by Crippen LogP contribution is -2.26. The van der Waals surface area contributed by atoms with Crippen LogP contribution in [-0.4, -0.2) is 35.6 Å². The van der Waals surface area contributed by atoms with Crippen LogP contribution in [0, 0.1) is 12.7 Å². The van der Waals surface area contributed by atoms with Gasteiger partial charge in [0.1, 0.15) is 18.0 Å². The number of benzene rings is 2. The van der Waals surface area contributed by atoms with Crippen LogP contribution in [0.1, 0.15) is 28.7 Å². The van der Waals surface area contributed by atoms with Crippen LogP contribution < -0.4 is 10.0 Å². The molecule has 0 aliphatic rings. The number of amides is 1. The minimum atomic E-state index is -3.87. The van der Waals surface area contributed by atoms with Gasteiger partial charge in [0.05, 0.1) is 4.90 Å².